The van der Waals surface area contributed by atoms with E-state index in [4.69, 9.17) is 5.73 Å². The van der Waals surface area contributed by atoms with Crippen LogP contribution in [0.15, 0.2) is 10.8 Å². The van der Waals surface area contributed by atoms with Gasteiger partial charge in [0.25, 0.3) is 0 Å². The Morgan fingerprint density at radius 2 is 2.50 bits per heavy atom. The molecule has 1 aromatic rings. The Balaban J connectivity index is 3.01. The van der Waals surface area contributed by atoms with Crippen molar-refractivity contribution in [3.8, 4) is 0 Å². The summed E-state index contributed by atoms with van der Waals surface area (Å²) in [6, 6.07) is 0. The van der Waals surface area contributed by atoms with E-state index in [2.05, 4.69) is 27.8 Å². The zero-order chi connectivity index (χ0) is 7.56. The molecule has 1 rings (SSSR count). The minimum Gasteiger partial charge on any atom is -0.324 e. The maximum Gasteiger partial charge on any atom is 0.123 e. The standard InChI is InChI=1S/C6H10BrN3/c1-2-10-5(7)4-9-6(10)3-8/h4H,2-3,8H2,1H3. The van der Waals surface area contributed by atoms with Crippen LogP contribution in [0.25, 0.3) is 0 Å². The van der Waals surface area contributed by atoms with Crippen molar-refractivity contribution in [3.63, 3.8) is 0 Å². The fourth-order valence-electron chi connectivity index (χ4n) is 0.887. The van der Waals surface area contributed by atoms with Gasteiger partial charge in [-0.05, 0) is 22.9 Å². The van der Waals surface area contributed by atoms with E-state index in [9.17, 15) is 0 Å². The summed E-state index contributed by atoms with van der Waals surface area (Å²) in [5.41, 5.74) is 5.44. The van der Waals surface area contributed by atoms with Crippen LogP contribution in [0, 0.1) is 0 Å². The van der Waals surface area contributed by atoms with Crippen LogP contribution in [0.3, 0.4) is 0 Å². The Kier molecular flexibility index (Phi) is 2.45. The average Bonchev–Trinajstić information content (AvgIpc) is 2.30. The van der Waals surface area contributed by atoms with E-state index in [-0.39, 0.29) is 0 Å². The second-order valence-corrected chi connectivity index (χ2v) is 2.76. The van der Waals surface area contributed by atoms with Crippen molar-refractivity contribution in [2.75, 3.05) is 0 Å². The van der Waals surface area contributed by atoms with Gasteiger partial charge in [-0.2, -0.15) is 0 Å². The number of rotatable bonds is 2. The lowest BCUT2D eigenvalue weighted by Crippen LogP contribution is -2.07. The van der Waals surface area contributed by atoms with Crippen molar-refractivity contribution >= 4 is 15.9 Å². The molecule has 0 radical (unpaired) electrons. The van der Waals surface area contributed by atoms with Crippen LogP contribution < -0.4 is 5.73 Å². The summed E-state index contributed by atoms with van der Waals surface area (Å²) < 4.78 is 3.02. The Hall–Kier alpha value is -0.350. The molecule has 0 aliphatic heterocycles. The highest BCUT2D eigenvalue weighted by atomic mass is 79.9. The fraction of sp³-hybridized carbons (Fsp3) is 0.500. The first-order valence-electron chi connectivity index (χ1n) is 3.19. The highest BCUT2D eigenvalue weighted by Gasteiger charge is 2.02. The summed E-state index contributed by atoms with van der Waals surface area (Å²) in [7, 11) is 0. The highest BCUT2D eigenvalue weighted by Crippen LogP contribution is 2.11. The third-order valence-electron chi connectivity index (χ3n) is 1.39. The molecule has 3 nitrogen and oxygen atoms in total. The quantitative estimate of drug-likeness (QED) is 0.784. The molecule has 0 aromatic carbocycles. The van der Waals surface area contributed by atoms with E-state index in [0.717, 1.165) is 17.0 Å². The lowest BCUT2D eigenvalue weighted by Gasteiger charge is -2.01. The van der Waals surface area contributed by atoms with Crippen LogP contribution >= 0.6 is 15.9 Å². The van der Waals surface area contributed by atoms with Crippen LogP contribution in [-0.4, -0.2) is 9.55 Å². The summed E-state index contributed by atoms with van der Waals surface area (Å²) in [5, 5.41) is 0. The van der Waals surface area contributed by atoms with Crippen molar-refractivity contribution in [1.82, 2.24) is 9.55 Å². The van der Waals surface area contributed by atoms with Gasteiger partial charge in [-0.25, -0.2) is 4.98 Å². The van der Waals surface area contributed by atoms with Crippen LogP contribution in [0.5, 0.6) is 0 Å². The normalized spacial score (nSPS) is 10.3. The predicted molar refractivity (Wildman–Crippen MR) is 43.5 cm³/mol. The Bertz CT molecular complexity index is 219. The third kappa shape index (κ3) is 1.22. The maximum absolute atomic E-state index is 5.44. The Morgan fingerprint density at radius 3 is 2.90 bits per heavy atom. The van der Waals surface area contributed by atoms with Gasteiger partial charge in [-0.3, -0.25) is 0 Å². The monoisotopic (exact) mass is 203 g/mol. The molecule has 0 spiro atoms. The summed E-state index contributed by atoms with van der Waals surface area (Å²) in [5.74, 6) is 0.925. The molecular weight excluding hydrogens is 194 g/mol. The maximum atomic E-state index is 5.44. The third-order valence-corrected chi connectivity index (χ3v) is 2.02. The summed E-state index contributed by atoms with van der Waals surface area (Å²) in [4.78, 5) is 4.10. The predicted octanol–water partition coefficient (Wildman–Crippen LogP) is 1.12. The Morgan fingerprint density at radius 1 is 1.80 bits per heavy atom. The number of nitrogens with two attached hydrogens (primary N) is 1. The fourth-order valence-corrected chi connectivity index (χ4v) is 1.44. The van der Waals surface area contributed by atoms with Crippen LogP contribution in [-0.2, 0) is 13.1 Å². The zero-order valence-corrected chi connectivity index (χ0v) is 7.43. The van der Waals surface area contributed by atoms with Crippen molar-refractivity contribution in [3.05, 3.63) is 16.6 Å². The molecule has 1 aromatic heterocycles. The van der Waals surface area contributed by atoms with E-state index in [1.165, 1.54) is 0 Å². The smallest absolute Gasteiger partial charge is 0.123 e. The molecule has 4 heteroatoms. The number of imidazole rings is 1. The molecule has 0 unspecified atom stereocenters. The molecule has 0 bridgehead atoms. The lowest BCUT2D eigenvalue weighted by atomic mass is 10.6. The van der Waals surface area contributed by atoms with Gasteiger partial charge in [0.05, 0.1) is 12.7 Å². The van der Waals surface area contributed by atoms with Gasteiger partial charge in [-0.1, -0.05) is 0 Å². The molecule has 10 heavy (non-hydrogen) atoms. The number of hydrogen-bond donors (Lipinski definition) is 1. The SMILES string of the molecule is CCn1c(Br)cnc1CN. The lowest BCUT2D eigenvalue weighted by molar-refractivity contribution is 0.686. The molecule has 0 saturated carbocycles. The minimum absolute atomic E-state index is 0.499. The number of hydrogen-bond acceptors (Lipinski definition) is 2. The topological polar surface area (TPSA) is 43.8 Å². The Labute approximate surface area is 68.4 Å². The average molecular weight is 204 g/mol. The van der Waals surface area contributed by atoms with E-state index in [1.807, 2.05) is 4.57 Å². The first-order valence-corrected chi connectivity index (χ1v) is 3.98. The van der Waals surface area contributed by atoms with Crippen molar-refractivity contribution < 1.29 is 0 Å². The summed E-state index contributed by atoms with van der Waals surface area (Å²) >= 11 is 3.36. The molecule has 0 fully saturated rings. The molecule has 0 aliphatic carbocycles. The van der Waals surface area contributed by atoms with E-state index < -0.39 is 0 Å². The van der Waals surface area contributed by atoms with E-state index >= 15 is 0 Å². The van der Waals surface area contributed by atoms with Crippen molar-refractivity contribution in [1.29, 1.82) is 0 Å². The van der Waals surface area contributed by atoms with E-state index in [1.54, 1.807) is 6.20 Å². The molecule has 56 valence electrons. The summed E-state index contributed by atoms with van der Waals surface area (Å²) in [6.45, 7) is 3.47. The van der Waals surface area contributed by atoms with Crippen LogP contribution in [0.2, 0.25) is 0 Å². The summed E-state index contributed by atoms with van der Waals surface area (Å²) in [6.07, 6.45) is 1.77. The molecule has 0 saturated heterocycles. The van der Waals surface area contributed by atoms with Crippen LogP contribution in [0.4, 0.5) is 0 Å². The second kappa shape index (κ2) is 3.16. The van der Waals surface area contributed by atoms with Gasteiger partial charge in [0, 0.05) is 6.54 Å². The first kappa shape index (κ1) is 7.75. The second-order valence-electron chi connectivity index (χ2n) is 1.95. The van der Waals surface area contributed by atoms with Gasteiger partial charge in [0.2, 0.25) is 0 Å². The molecule has 0 amide bonds. The first-order chi connectivity index (χ1) is 4.79. The van der Waals surface area contributed by atoms with Gasteiger partial charge in [0.15, 0.2) is 0 Å². The van der Waals surface area contributed by atoms with Crippen molar-refractivity contribution in [2.45, 2.75) is 20.0 Å². The van der Waals surface area contributed by atoms with Gasteiger partial charge in [-0.15, -0.1) is 0 Å². The van der Waals surface area contributed by atoms with E-state index in [0.29, 0.717) is 6.54 Å². The van der Waals surface area contributed by atoms with Gasteiger partial charge < -0.3 is 10.3 Å². The number of aromatic nitrogens is 2. The number of halogens is 1. The van der Waals surface area contributed by atoms with Gasteiger partial charge >= 0.3 is 0 Å². The molecule has 1 heterocycles. The molecular formula is C6H10BrN3. The molecule has 0 aliphatic rings. The molecule has 2 N–H and O–H groups in total. The number of nitrogens with zero attached hydrogens (tertiary/aromatic N) is 2. The minimum atomic E-state index is 0.499. The highest BCUT2D eigenvalue weighted by molar-refractivity contribution is 9.10. The van der Waals surface area contributed by atoms with Crippen LogP contribution in [0.1, 0.15) is 12.7 Å². The largest absolute Gasteiger partial charge is 0.324 e. The molecule has 0 atom stereocenters. The van der Waals surface area contributed by atoms with Crippen molar-refractivity contribution in [2.24, 2.45) is 5.73 Å². The van der Waals surface area contributed by atoms with Gasteiger partial charge in [0.1, 0.15) is 10.4 Å². The zero-order valence-electron chi connectivity index (χ0n) is 5.84.